The zero-order chi connectivity index (χ0) is 31.2. The summed E-state index contributed by atoms with van der Waals surface area (Å²) in [4.78, 5) is 16.9. The highest BCUT2D eigenvalue weighted by Crippen LogP contribution is 2.42. The number of ketones is 1. The lowest BCUT2D eigenvalue weighted by molar-refractivity contribution is -0.118. The van der Waals surface area contributed by atoms with Gasteiger partial charge < -0.3 is 18.0 Å². The molecule has 45 heavy (non-hydrogen) atoms. The summed E-state index contributed by atoms with van der Waals surface area (Å²) in [6.45, 7) is 4.92. The van der Waals surface area contributed by atoms with E-state index >= 15 is 8.63 Å². The number of ether oxygens (including phenoxy) is 1. The third-order valence-electron chi connectivity index (χ3n) is 7.91. The van der Waals surface area contributed by atoms with Crippen molar-refractivity contribution < 1.29 is 27.0 Å². The molecule has 7 rings (SSSR count). The number of nitrogens with zero attached hydrogens (tertiary/aromatic N) is 2. The number of hydrogen-bond donors (Lipinski definition) is 0. The molecule has 6 aromatic rings. The minimum Gasteiger partial charge on any atom is -0.485 e. The van der Waals surface area contributed by atoms with E-state index in [2.05, 4.69) is 0 Å². The van der Waals surface area contributed by atoms with Gasteiger partial charge in [0.2, 0.25) is 0 Å². The van der Waals surface area contributed by atoms with Gasteiger partial charge in [-0.2, -0.15) is 0 Å². The first-order chi connectivity index (χ1) is 21.8. The topological polar surface area (TPSA) is 69.9 Å². The van der Waals surface area contributed by atoms with Gasteiger partial charge in [-0.25, -0.2) is 4.99 Å². The van der Waals surface area contributed by atoms with E-state index in [1.165, 1.54) is 6.92 Å². The van der Waals surface area contributed by atoms with Crippen LogP contribution in [0.2, 0.25) is 0 Å². The highest BCUT2D eigenvalue weighted by Gasteiger charge is 2.31. The van der Waals surface area contributed by atoms with Gasteiger partial charge in [-0.1, -0.05) is 54.6 Å². The van der Waals surface area contributed by atoms with Crippen LogP contribution in [-0.2, 0) is 4.79 Å². The second kappa shape index (κ2) is 11.2. The molecular weight excluding hydrogens is 573 g/mol. The number of hydrogen-bond acceptors (Lipinski definition) is 5. The molecule has 0 amide bonds. The van der Waals surface area contributed by atoms with Gasteiger partial charge in [0.05, 0.1) is 11.4 Å². The second-order valence-electron chi connectivity index (χ2n) is 10.9. The summed E-state index contributed by atoms with van der Waals surface area (Å²) >= 11 is 0. The largest absolute Gasteiger partial charge is 0.678 e. The number of Topliss-reactive ketones (excluding diaryl/α,β-unsaturated/α-hetero) is 1. The van der Waals surface area contributed by atoms with E-state index in [9.17, 15) is 4.79 Å². The first-order valence-electron chi connectivity index (χ1n) is 14.5. The molecule has 0 saturated heterocycles. The van der Waals surface area contributed by atoms with Crippen molar-refractivity contribution in [1.82, 2.24) is 4.48 Å². The third kappa shape index (κ3) is 4.90. The number of aryl methyl sites for hydroxylation is 2. The standard InChI is InChI=1S/C36H27BF2N2O4/c1-21(42)20-43-31-13-7-4-10-24(31)36(28-17-16-27(40-28)34-22(2)44-32-14-8-5-11-25(32)34)30-19-18-29(41(30)37(38)39)35-23(3)45-33-15-9-6-12-26(33)35/h4-19H,20H2,1-3H3/b36-28-. The van der Waals surface area contributed by atoms with Gasteiger partial charge in [0.1, 0.15) is 35.0 Å². The first kappa shape index (κ1) is 28.3. The average Bonchev–Trinajstić information content (AvgIpc) is 3.80. The zero-order valence-corrected chi connectivity index (χ0v) is 24.8. The van der Waals surface area contributed by atoms with Crippen molar-refractivity contribution in [1.29, 1.82) is 0 Å². The molecule has 0 fully saturated rings. The second-order valence-corrected chi connectivity index (χ2v) is 10.9. The van der Waals surface area contributed by atoms with E-state index in [0.29, 0.717) is 56.7 Å². The molecule has 3 aromatic heterocycles. The number of carbonyl (C=O) groups is 1. The molecule has 0 radical (unpaired) electrons. The van der Waals surface area contributed by atoms with Crippen LogP contribution in [0, 0.1) is 13.8 Å². The number of furan rings is 2. The molecule has 1 aliphatic rings. The lowest BCUT2D eigenvalue weighted by Gasteiger charge is -2.18. The fraction of sp³-hybridized carbons (Fsp3) is 0.111. The Morgan fingerprint density at radius 1 is 0.822 bits per heavy atom. The van der Waals surface area contributed by atoms with Crippen molar-refractivity contribution in [3.63, 3.8) is 0 Å². The van der Waals surface area contributed by atoms with Gasteiger partial charge in [0, 0.05) is 44.4 Å². The molecule has 9 heteroatoms. The number of rotatable bonds is 8. The number of para-hydroxylation sites is 3. The Kier molecular flexibility index (Phi) is 7.08. The number of fused-ring (bicyclic) bond motifs is 2. The molecular formula is C36H27BF2N2O4. The van der Waals surface area contributed by atoms with Crippen LogP contribution in [-0.4, -0.2) is 30.0 Å². The molecule has 0 spiro atoms. The fourth-order valence-electron chi connectivity index (χ4n) is 6.06. The molecule has 0 atom stereocenters. The Morgan fingerprint density at radius 3 is 2.13 bits per heavy atom. The summed E-state index contributed by atoms with van der Waals surface area (Å²) in [5.74, 6) is 1.45. The summed E-state index contributed by atoms with van der Waals surface area (Å²) in [6.07, 6.45) is 3.68. The van der Waals surface area contributed by atoms with E-state index < -0.39 is 7.40 Å². The first-order valence-corrected chi connectivity index (χ1v) is 14.5. The maximum absolute atomic E-state index is 15.3. The summed E-state index contributed by atoms with van der Waals surface area (Å²) in [6, 6.07) is 25.5. The van der Waals surface area contributed by atoms with Gasteiger partial charge in [-0.15, -0.1) is 0 Å². The van der Waals surface area contributed by atoms with E-state index in [-0.39, 0.29) is 18.1 Å². The summed E-state index contributed by atoms with van der Waals surface area (Å²) in [5.41, 5.74) is 5.41. The van der Waals surface area contributed by atoms with Crippen molar-refractivity contribution in [2.45, 2.75) is 20.8 Å². The van der Waals surface area contributed by atoms with Crippen LogP contribution < -0.4 is 4.74 Å². The normalized spacial score (nSPS) is 13.9. The summed E-state index contributed by atoms with van der Waals surface area (Å²) < 4.78 is 49.4. The summed E-state index contributed by atoms with van der Waals surface area (Å²) in [5, 5.41) is 1.65. The average molecular weight is 600 g/mol. The van der Waals surface area contributed by atoms with Crippen LogP contribution in [0.1, 0.15) is 35.3 Å². The van der Waals surface area contributed by atoms with E-state index in [1.54, 1.807) is 43.3 Å². The van der Waals surface area contributed by atoms with Gasteiger partial charge in [-0.3, -0.25) is 13.4 Å². The molecule has 0 saturated carbocycles. The number of carbonyl (C=O) groups excluding carboxylic acids is 1. The van der Waals surface area contributed by atoms with Crippen molar-refractivity contribution in [3.05, 3.63) is 131 Å². The zero-order valence-electron chi connectivity index (χ0n) is 24.8. The predicted octanol–water partition coefficient (Wildman–Crippen LogP) is 8.82. The quantitative estimate of drug-likeness (QED) is 0.164. The van der Waals surface area contributed by atoms with Gasteiger partial charge in [0.25, 0.3) is 0 Å². The van der Waals surface area contributed by atoms with Crippen LogP contribution in [0.25, 0.3) is 38.8 Å². The number of halogens is 2. The van der Waals surface area contributed by atoms with Crippen molar-refractivity contribution in [3.8, 4) is 17.0 Å². The molecule has 0 bridgehead atoms. The maximum Gasteiger partial charge on any atom is 0.678 e. The van der Waals surface area contributed by atoms with Crippen LogP contribution in [0.5, 0.6) is 5.75 Å². The van der Waals surface area contributed by atoms with Gasteiger partial charge >= 0.3 is 7.40 Å². The van der Waals surface area contributed by atoms with Crippen LogP contribution in [0.3, 0.4) is 0 Å². The minimum absolute atomic E-state index is 0.161. The Bertz CT molecular complexity index is 2220. The van der Waals surface area contributed by atoms with Crippen LogP contribution >= 0.6 is 0 Å². The lowest BCUT2D eigenvalue weighted by Crippen LogP contribution is -2.18. The number of benzene rings is 3. The Morgan fingerprint density at radius 2 is 1.44 bits per heavy atom. The van der Waals surface area contributed by atoms with Crippen molar-refractivity contribution >= 4 is 46.4 Å². The number of aliphatic imine (C=N–C) groups is 1. The smallest absolute Gasteiger partial charge is 0.485 e. The minimum atomic E-state index is -2.90. The molecule has 4 heterocycles. The highest BCUT2D eigenvalue weighted by molar-refractivity contribution is 6.42. The number of allylic oxidation sites excluding steroid dienone is 2. The molecule has 222 valence electrons. The fourth-order valence-corrected chi connectivity index (χ4v) is 6.06. The van der Waals surface area contributed by atoms with Crippen LogP contribution in [0.4, 0.5) is 8.63 Å². The van der Waals surface area contributed by atoms with Gasteiger partial charge in [-0.05, 0) is 63.3 Å². The van der Waals surface area contributed by atoms with Crippen LogP contribution in [0.15, 0.2) is 117 Å². The van der Waals surface area contributed by atoms with E-state index in [1.807, 2.05) is 67.6 Å². The molecule has 6 nitrogen and oxygen atoms in total. The van der Waals surface area contributed by atoms with Crippen molar-refractivity contribution in [2.24, 2.45) is 4.99 Å². The Balaban J connectivity index is 1.49. The SMILES string of the molecule is CC(=O)COc1ccccc1/C(=C1\C=CC(c2c(C)oc3ccccc23)=N1)c1ccc(-c2c(C)oc3ccccc23)n1B(F)F. The molecule has 1 aliphatic heterocycles. The highest BCUT2D eigenvalue weighted by atomic mass is 19.2. The van der Waals surface area contributed by atoms with Crippen molar-refractivity contribution in [2.75, 3.05) is 6.61 Å². The molecule has 0 N–H and O–H groups in total. The monoisotopic (exact) mass is 600 g/mol. The predicted molar refractivity (Wildman–Crippen MR) is 173 cm³/mol. The third-order valence-corrected chi connectivity index (χ3v) is 7.91. The van der Waals surface area contributed by atoms with E-state index in [0.717, 1.165) is 26.4 Å². The summed E-state index contributed by atoms with van der Waals surface area (Å²) in [7, 11) is -2.90. The molecule has 3 aromatic carbocycles. The maximum atomic E-state index is 15.3. The lowest BCUT2D eigenvalue weighted by atomic mass is 9.97. The number of aromatic nitrogens is 1. The molecule has 0 aliphatic carbocycles. The Hall–Kier alpha value is -5.44. The van der Waals surface area contributed by atoms with Gasteiger partial charge in [0.15, 0.2) is 5.78 Å². The van der Waals surface area contributed by atoms with E-state index in [4.69, 9.17) is 18.6 Å². The molecule has 0 unspecified atom stereocenters. The Labute approximate surface area is 258 Å².